The molecule has 0 saturated carbocycles. The molecule has 0 spiro atoms. The standard InChI is InChI=1S/C18H20N2O3/c1-18(23,14-10-6-3-7-11-14)12-15(21)20-16(17(19)22)13-8-4-2-5-9-13/h2-11,16,23H,12H2,1H3,(H2,19,22)(H,20,21). The zero-order valence-electron chi connectivity index (χ0n) is 12.9. The van der Waals surface area contributed by atoms with Crippen molar-refractivity contribution in [2.24, 2.45) is 5.73 Å². The van der Waals surface area contributed by atoms with Crippen LogP contribution < -0.4 is 11.1 Å². The molecule has 4 N–H and O–H groups in total. The van der Waals surface area contributed by atoms with E-state index >= 15 is 0 Å². The molecule has 120 valence electrons. The summed E-state index contributed by atoms with van der Waals surface area (Å²) < 4.78 is 0. The summed E-state index contributed by atoms with van der Waals surface area (Å²) in [5.74, 6) is -1.10. The van der Waals surface area contributed by atoms with Gasteiger partial charge in [0.1, 0.15) is 6.04 Å². The molecule has 2 aromatic carbocycles. The zero-order valence-corrected chi connectivity index (χ0v) is 12.9. The van der Waals surface area contributed by atoms with Crippen LogP contribution in [-0.2, 0) is 15.2 Å². The SMILES string of the molecule is CC(O)(CC(=O)NC(C(N)=O)c1ccccc1)c1ccccc1. The largest absolute Gasteiger partial charge is 0.385 e. The number of carbonyl (C=O) groups is 2. The Morgan fingerprint density at radius 3 is 2.13 bits per heavy atom. The number of hydrogen-bond donors (Lipinski definition) is 3. The highest BCUT2D eigenvalue weighted by molar-refractivity contribution is 5.88. The van der Waals surface area contributed by atoms with Crippen LogP contribution in [0.1, 0.15) is 30.5 Å². The number of hydrogen-bond acceptors (Lipinski definition) is 3. The van der Waals surface area contributed by atoms with Crippen molar-refractivity contribution in [3.63, 3.8) is 0 Å². The van der Waals surface area contributed by atoms with Crippen LogP contribution in [0.2, 0.25) is 0 Å². The van der Waals surface area contributed by atoms with Crippen LogP contribution in [0.4, 0.5) is 0 Å². The van der Waals surface area contributed by atoms with Gasteiger partial charge in [-0.05, 0) is 18.1 Å². The summed E-state index contributed by atoms with van der Waals surface area (Å²) in [6.45, 7) is 1.56. The van der Waals surface area contributed by atoms with Crippen molar-refractivity contribution in [3.8, 4) is 0 Å². The Morgan fingerprint density at radius 2 is 1.61 bits per heavy atom. The topological polar surface area (TPSA) is 92.4 Å². The van der Waals surface area contributed by atoms with Crippen molar-refractivity contribution in [2.45, 2.75) is 25.0 Å². The lowest BCUT2D eigenvalue weighted by molar-refractivity contribution is -0.130. The fourth-order valence-electron chi connectivity index (χ4n) is 2.39. The highest BCUT2D eigenvalue weighted by Crippen LogP contribution is 2.24. The lowest BCUT2D eigenvalue weighted by Gasteiger charge is -2.24. The van der Waals surface area contributed by atoms with Gasteiger partial charge in [0.2, 0.25) is 11.8 Å². The van der Waals surface area contributed by atoms with Gasteiger partial charge in [-0.15, -0.1) is 0 Å². The van der Waals surface area contributed by atoms with Gasteiger partial charge in [0, 0.05) is 0 Å². The predicted octanol–water partition coefficient (Wildman–Crippen LogP) is 1.63. The number of benzene rings is 2. The first-order valence-corrected chi connectivity index (χ1v) is 7.32. The summed E-state index contributed by atoms with van der Waals surface area (Å²) in [5, 5.41) is 13.1. The number of aliphatic hydroxyl groups is 1. The molecular formula is C18H20N2O3. The van der Waals surface area contributed by atoms with Crippen molar-refractivity contribution in [3.05, 3.63) is 71.8 Å². The summed E-state index contributed by atoms with van der Waals surface area (Å²) in [7, 11) is 0. The molecule has 0 aliphatic heterocycles. The van der Waals surface area contributed by atoms with Crippen molar-refractivity contribution < 1.29 is 14.7 Å². The summed E-state index contributed by atoms with van der Waals surface area (Å²) in [5.41, 5.74) is 5.28. The molecule has 0 fully saturated rings. The van der Waals surface area contributed by atoms with Gasteiger partial charge >= 0.3 is 0 Å². The van der Waals surface area contributed by atoms with E-state index in [1.807, 2.05) is 12.1 Å². The molecule has 23 heavy (non-hydrogen) atoms. The monoisotopic (exact) mass is 312 g/mol. The van der Waals surface area contributed by atoms with E-state index in [-0.39, 0.29) is 6.42 Å². The summed E-state index contributed by atoms with van der Waals surface area (Å²) in [6.07, 6.45) is -0.173. The number of nitrogens with one attached hydrogen (secondary N) is 1. The third kappa shape index (κ3) is 4.40. The van der Waals surface area contributed by atoms with E-state index in [2.05, 4.69) is 5.32 Å². The van der Waals surface area contributed by atoms with Crippen LogP contribution in [0.25, 0.3) is 0 Å². The molecule has 0 bridgehead atoms. The molecule has 2 atom stereocenters. The number of amides is 2. The quantitative estimate of drug-likeness (QED) is 0.757. The van der Waals surface area contributed by atoms with Gasteiger partial charge in [-0.1, -0.05) is 60.7 Å². The summed E-state index contributed by atoms with van der Waals surface area (Å²) in [4.78, 5) is 23.9. The fourth-order valence-corrected chi connectivity index (χ4v) is 2.39. The van der Waals surface area contributed by atoms with Gasteiger partial charge in [-0.3, -0.25) is 9.59 Å². The average Bonchev–Trinajstić information content (AvgIpc) is 2.53. The van der Waals surface area contributed by atoms with E-state index in [1.54, 1.807) is 55.5 Å². The molecule has 0 heterocycles. The molecule has 2 unspecified atom stereocenters. The van der Waals surface area contributed by atoms with Crippen LogP contribution >= 0.6 is 0 Å². The first kappa shape index (κ1) is 16.7. The highest BCUT2D eigenvalue weighted by Gasteiger charge is 2.28. The Labute approximate surface area is 135 Å². The number of rotatable bonds is 6. The second-order valence-electron chi connectivity index (χ2n) is 5.63. The van der Waals surface area contributed by atoms with Gasteiger partial charge in [-0.2, -0.15) is 0 Å². The van der Waals surface area contributed by atoms with Crippen molar-refractivity contribution in [1.29, 1.82) is 0 Å². The number of nitrogens with two attached hydrogens (primary N) is 1. The molecule has 5 heteroatoms. The van der Waals surface area contributed by atoms with E-state index in [9.17, 15) is 14.7 Å². The van der Waals surface area contributed by atoms with Crippen LogP contribution in [-0.4, -0.2) is 16.9 Å². The minimum atomic E-state index is -1.33. The molecule has 0 radical (unpaired) electrons. The third-order valence-corrected chi connectivity index (χ3v) is 3.62. The maximum atomic E-state index is 12.2. The lowest BCUT2D eigenvalue weighted by Crippen LogP contribution is -2.40. The van der Waals surface area contributed by atoms with E-state index in [4.69, 9.17) is 5.73 Å². The number of carbonyl (C=O) groups excluding carboxylic acids is 2. The second kappa shape index (κ2) is 7.07. The summed E-state index contributed by atoms with van der Waals surface area (Å²) >= 11 is 0. The van der Waals surface area contributed by atoms with Gasteiger partial charge in [0.25, 0.3) is 0 Å². The Morgan fingerprint density at radius 1 is 1.09 bits per heavy atom. The second-order valence-corrected chi connectivity index (χ2v) is 5.63. The maximum Gasteiger partial charge on any atom is 0.244 e. The van der Waals surface area contributed by atoms with E-state index in [1.165, 1.54) is 0 Å². The average molecular weight is 312 g/mol. The van der Waals surface area contributed by atoms with E-state index in [0.717, 1.165) is 0 Å². The third-order valence-electron chi connectivity index (χ3n) is 3.62. The first-order chi connectivity index (χ1) is 10.9. The molecule has 0 saturated heterocycles. The predicted molar refractivity (Wildman–Crippen MR) is 87.1 cm³/mol. The Bertz CT molecular complexity index is 669. The normalized spacial score (nSPS) is 14.5. The smallest absolute Gasteiger partial charge is 0.244 e. The van der Waals surface area contributed by atoms with Crippen molar-refractivity contribution >= 4 is 11.8 Å². The minimum absolute atomic E-state index is 0.173. The van der Waals surface area contributed by atoms with Crippen molar-refractivity contribution in [2.75, 3.05) is 0 Å². The van der Waals surface area contributed by atoms with Gasteiger partial charge < -0.3 is 16.2 Å². The molecule has 5 nitrogen and oxygen atoms in total. The molecular weight excluding hydrogens is 292 g/mol. The van der Waals surface area contributed by atoms with Crippen LogP contribution in [0, 0.1) is 0 Å². The summed E-state index contributed by atoms with van der Waals surface area (Å²) in [6, 6.07) is 16.7. The van der Waals surface area contributed by atoms with Gasteiger partial charge in [0.05, 0.1) is 12.0 Å². The van der Waals surface area contributed by atoms with Crippen molar-refractivity contribution in [1.82, 2.24) is 5.32 Å². The highest BCUT2D eigenvalue weighted by atomic mass is 16.3. The van der Waals surface area contributed by atoms with E-state index < -0.39 is 23.5 Å². The minimum Gasteiger partial charge on any atom is -0.385 e. The Balaban J connectivity index is 2.10. The number of primary amides is 1. The maximum absolute atomic E-state index is 12.2. The van der Waals surface area contributed by atoms with E-state index in [0.29, 0.717) is 11.1 Å². The first-order valence-electron chi connectivity index (χ1n) is 7.32. The van der Waals surface area contributed by atoms with Crippen LogP contribution in [0.3, 0.4) is 0 Å². The Kier molecular flexibility index (Phi) is 5.13. The molecule has 0 aromatic heterocycles. The molecule has 0 aliphatic rings. The van der Waals surface area contributed by atoms with Crippen LogP contribution in [0.15, 0.2) is 60.7 Å². The van der Waals surface area contributed by atoms with Crippen LogP contribution in [0.5, 0.6) is 0 Å². The van der Waals surface area contributed by atoms with Gasteiger partial charge in [-0.25, -0.2) is 0 Å². The fraction of sp³-hybridized carbons (Fsp3) is 0.222. The Hall–Kier alpha value is -2.66. The molecule has 2 amide bonds. The lowest BCUT2D eigenvalue weighted by atomic mass is 9.92. The van der Waals surface area contributed by atoms with Gasteiger partial charge in [0.15, 0.2) is 0 Å². The molecule has 2 rings (SSSR count). The molecule has 0 aliphatic carbocycles. The molecule has 2 aromatic rings. The zero-order chi connectivity index (χ0) is 16.9.